The molecule has 1 aromatic rings. The van der Waals surface area contributed by atoms with Crippen LogP contribution in [-0.2, 0) is 9.09 Å². The molecule has 1 atom stereocenters. The van der Waals surface area contributed by atoms with Gasteiger partial charge in [-0.1, -0.05) is 17.5 Å². The molecule has 0 fully saturated rings. The van der Waals surface area contributed by atoms with E-state index in [1.54, 1.807) is 31.2 Å². The van der Waals surface area contributed by atoms with E-state index < -0.39 is 7.60 Å². The summed E-state index contributed by atoms with van der Waals surface area (Å²) in [5.74, 6) is 2.55. The minimum atomic E-state index is -3.76. The van der Waals surface area contributed by atoms with Crippen molar-refractivity contribution in [1.82, 2.24) is 0 Å². The number of rotatable bonds is 2. The van der Waals surface area contributed by atoms with Crippen molar-refractivity contribution in [3.63, 3.8) is 0 Å². The first kappa shape index (κ1) is 12.3. The van der Waals surface area contributed by atoms with E-state index in [1.807, 2.05) is 0 Å². The summed E-state index contributed by atoms with van der Waals surface area (Å²) in [6.07, 6.45) is 0. The lowest BCUT2D eigenvalue weighted by Crippen LogP contribution is -1.85. The Hall–Kier alpha value is -0.780. The zero-order valence-electron chi connectivity index (χ0n) is 8.11. The molecular formula is C10H10ClO3P. The van der Waals surface area contributed by atoms with Gasteiger partial charge in [0.05, 0.1) is 6.61 Å². The second-order valence-corrected chi connectivity index (χ2v) is 4.64. The number of hydrogen-bond acceptors (Lipinski definition) is 2. The summed E-state index contributed by atoms with van der Waals surface area (Å²) in [5.41, 5.74) is 2.81. The van der Waals surface area contributed by atoms with Crippen LogP contribution >= 0.6 is 19.2 Å². The topological polar surface area (TPSA) is 46.5 Å². The highest BCUT2D eigenvalue weighted by Gasteiger charge is 2.12. The van der Waals surface area contributed by atoms with Crippen LogP contribution in [0.25, 0.3) is 0 Å². The minimum absolute atomic E-state index is 0.156. The molecule has 0 radical (unpaired) electrons. The van der Waals surface area contributed by atoms with Crippen molar-refractivity contribution >= 4 is 19.2 Å². The average molecular weight is 245 g/mol. The van der Waals surface area contributed by atoms with Crippen molar-refractivity contribution in [2.45, 2.75) is 6.92 Å². The number of hydrogen-bond donors (Lipinski definition) is 1. The second kappa shape index (κ2) is 5.34. The van der Waals surface area contributed by atoms with Crippen LogP contribution in [0.5, 0.6) is 0 Å². The number of halogens is 1. The highest BCUT2D eigenvalue weighted by molar-refractivity contribution is 7.58. The molecule has 1 unspecified atom stereocenters. The van der Waals surface area contributed by atoms with Gasteiger partial charge in [0, 0.05) is 16.2 Å². The Bertz CT molecular complexity index is 430. The molecule has 80 valence electrons. The first-order valence-corrected chi connectivity index (χ1v) is 6.25. The summed E-state index contributed by atoms with van der Waals surface area (Å²) in [7, 11) is -3.76. The van der Waals surface area contributed by atoms with Gasteiger partial charge in [-0.15, -0.1) is 0 Å². The van der Waals surface area contributed by atoms with E-state index in [2.05, 4.69) is 16.1 Å². The van der Waals surface area contributed by atoms with Gasteiger partial charge in [-0.05, 0) is 31.2 Å². The van der Waals surface area contributed by atoms with Crippen molar-refractivity contribution < 1.29 is 14.0 Å². The van der Waals surface area contributed by atoms with Gasteiger partial charge in [-0.3, -0.25) is 4.52 Å². The predicted octanol–water partition coefficient (Wildman–Crippen LogP) is 2.87. The van der Waals surface area contributed by atoms with Crippen LogP contribution in [0.15, 0.2) is 24.3 Å². The van der Waals surface area contributed by atoms with Gasteiger partial charge in [0.2, 0.25) is 0 Å². The Labute approximate surface area is 93.6 Å². The van der Waals surface area contributed by atoms with Crippen LogP contribution in [0.4, 0.5) is 0 Å². The van der Waals surface area contributed by atoms with Crippen molar-refractivity contribution in [1.29, 1.82) is 0 Å². The van der Waals surface area contributed by atoms with E-state index in [9.17, 15) is 4.57 Å². The molecule has 0 aromatic heterocycles. The SMILES string of the molecule is CCOP(=O)(O)C#Cc1ccc(Cl)cc1. The van der Waals surface area contributed by atoms with Gasteiger partial charge in [-0.25, -0.2) is 4.57 Å². The lowest BCUT2D eigenvalue weighted by Gasteiger charge is -2.00. The highest BCUT2D eigenvalue weighted by atomic mass is 35.5. The molecule has 0 aliphatic heterocycles. The van der Waals surface area contributed by atoms with Gasteiger partial charge < -0.3 is 4.89 Å². The molecule has 1 N–H and O–H groups in total. The molecule has 0 aliphatic rings. The quantitative estimate of drug-likeness (QED) is 0.643. The van der Waals surface area contributed by atoms with E-state index in [0.717, 1.165) is 0 Å². The molecule has 0 amide bonds. The summed E-state index contributed by atoms with van der Waals surface area (Å²) >= 11 is 5.67. The van der Waals surface area contributed by atoms with Crippen molar-refractivity contribution in [3.05, 3.63) is 34.9 Å². The molecule has 1 aromatic carbocycles. The maximum atomic E-state index is 11.2. The van der Waals surface area contributed by atoms with Crippen molar-refractivity contribution in [2.24, 2.45) is 0 Å². The maximum Gasteiger partial charge on any atom is 0.403 e. The molecule has 15 heavy (non-hydrogen) atoms. The van der Waals surface area contributed by atoms with Crippen molar-refractivity contribution in [2.75, 3.05) is 6.61 Å². The smallest absolute Gasteiger partial charge is 0.315 e. The van der Waals surface area contributed by atoms with Gasteiger partial charge in [0.25, 0.3) is 0 Å². The minimum Gasteiger partial charge on any atom is -0.315 e. The summed E-state index contributed by atoms with van der Waals surface area (Å²) < 4.78 is 15.8. The van der Waals surface area contributed by atoms with Gasteiger partial charge in [-0.2, -0.15) is 0 Å². The Balaban J connectivity index is 2.82. The van der Waals surface area contributed by atoms with E-state index in [-0.39, 0.29) is 6.61 Å². The molecule has 0 aliphatic carbocycles. The summed E-state index contributed by atoms with van der Waals surface area (Å²) in [6.45, 7) is 1.79. The predicted molar refractivity (Wildman–Crippen MR) is 59.8 cm³/mol. The average Bonchev–Trinajstić information content (AvgIpc) is 2.17. The Morgan fingerprint density at radius 2 is 2.07 bits per heavy atom. The zero-order chi connectivity index (χ0) is 11.3. The van der Waals surface area contributed by atoms with Crippen LogP contribution in [0.3, 0.4) is 0 Å². The normalized spacial score (nSPS) is 13.8. The first-order chi connectivity index (χ1) is 7.03. The molecular weight excluding hydrogens is 235 g/mol. The van der Waals surface area contributed by atoms with E-state index in [0.29, 0.717) is 10.6 Å². The van der Waals surface area contributed by atoms with Crippen LogP contribution in [0.2, 0.25) is 5.02 Å². The number of benzene rings is 1. The van der Waals surface area contributed by atoms with Gasteiger partial charge in [0.15, 0.2) is 0 Å². The van der Waals surface area contributed by atoms with Crippen LogP contribution in [0, 0.1) is 11.6 Å². The third-order valence-electron chi connectivity index (χ3n) is 1.49. The third-order valence-corrected chi connectivity index (χ3v) is 2.74. The fourth-order valence-electron chi connectivity index (χ4n) is 0.876. The molecule has 5 heteroatoms. The summed E-state index contributed by atoms with van der Waals surface area (Å²) in [4.78, 5) is 9.16. The van der Waals surface area contributed by atoms with E-state index in [1.165, 1.54) is 0 Å². The monoisotopic (exact) mass is 244 g/mol. The van der Waals surface area contributed by atoms with Crippen LogP contribution < -0.4 is 0 Å². The van der Waals surface area contributed by atoms with Crippen LogP contribution in [-0.4, -0.2) is 11.5 Å². The summed E-state index contributed by atoms with van der Waals surface area (Å²) in [5, 5.41) is 0.595. The van der Waals surface area contributed by atoms with E-state index in [4.69, 9.17) is 16.5 Å². The standard InChI is InChI=1S/C10H10ClO3P/c1-2-14-15(12,13)8-7-9-3-5-10(11)6-4-9/h3-6H,2H2,1H3,(H,12,13). The van der Waals surface area contributed by atoms with E-state index >= 15 is 0 Å². The molecule has 0 saturated heterocycles. The fraction of sp³-hybridized carbons (Fsp3) is 0.200. The Morgan fingerprint density at radius 1 is 1.47 bits per heavy atom. The molecule has 3 nitrogen and oxygen atoms in total. The fourth-order valence-corrected chi connectivity index (χ4v) is 1.69. The molecule has 0 saturated carbocycles. The highest BCUT2D eigenvalue weighted by Crippen LogP contribution is 2.39. The lowest BCUT2D eigenvalue weighted by molar-refractivity contribution is 0.285. The molecule has 1 rings (SSSR count). The summed E-state index contributed by atoms with van der Waals surface area (Å²) in [6, 6.07) is 6.66. The Morgan fingerprint density at radius 3 is 2.60 bits per heavy atom. The maximum absolute atomic E-state index is 11.2. The Kier molecular flexibility index (Phi) is 4.38. The molecule has 0 spiro atoms. The molecule has 0 heterocycles. The molecule has 0 bridgehead atoms. The van der Waals surface area contributed by atoms with Crippen LogP contribution in [0.1, 0.15) is 12.5 Å². The first-order valence-electron chi connectivity index (χ1n) is 4.29. The second-order valence-electron chi connectivity index (χ2n) is 2.68. The third kappa shape index (κ3) is 4.51. The van der Waals surface area contributed by atoms with Gasteiger partial charge >= 0.3 is 7.60 Å². The largest absolute Gasteiger partial charge is 0.403 e. The van der Waals surface area contributed by atoms with Crippen molar-refractivity contribution in [3.8, 4) is 11.6 Å². The lowest BCUT2D eigenvalue weighted by atomic mass is 10.2. The zero-order valence-corrected chi connectivity index (χ0v) is 9.76. The van der Waals surface area contributed by atoms with Gasteiger partial charge in [0.1, 0.15) is 0 Å².